The van der Waals surface area contributed by atoms with E-state index in [1.807, 2.05) is 0 Å². The monoisotopic (exact) mass is 438 g/mol. The summed E-state index contributed by atoms with van der Waals surface area (Å²) in [5, 5.41) is 5.54. The fourth-order valence-corrected chi connectivity index (χ4v) is 9.77. The molecule has 1 heteroatoms. The molecule has 0 aliphatic carbocycles. The van der Waals surface area contributed by atoms with Crippen molar-refractivity contribution < 1.29 is 0 Å². The molecule has 0 N–H and O–H groups in total. The Hall–Kier alpha value is -3.94. The van der Waals surface area contributed by atoms with E-state index >= 15 is 0 Å². The summed E-state index contributed by atoms with van der Waals surface area (Å²) >= 11 is 0. The van der Waals surface area contributed by atoms with Gasteiger partial charge >= 0.3 is 0 Å². The molecule has 0 aromatic heterocycles. The molecule has 0 spiro atoms. The molecule has 5 rings (SSSR count). The molecule has 0 heterocycles. The van der Waals surface area contributed by atoms with Gasteiger partial charge in [0.25, 0.3) is 0 Å². The zero-order valence-corrected chi connectivity index (χ0v) is 19.5. The lowest BCUT2D eigenvalue weighted by molar-refractivity contribution is 1.61. The highest BCUT2D eigenvalue weighted by molar-refractivity contribution is 7.23. The van der Waals surface area contributed by atoms with Gasteiger partial charge in [-0.25, -0.2) is 0 Å². The fraction of sp³-hybridized carbons (Fsp3) is 0. The van der Waals surface area contributed by atoms with Crippen LogP contribution in [-0.2, 0) is 0 Å². The third kappa shape index (κ3) is 4.11. The Balaban J connectivity index is 1.94. The summed E-state index contributed by atoms with van der Waals surface area (Å²) in [4.78, 5) is 0. The lowest BCUT2D eigenvalue weighted by Crippen LogP contribution is -2.68. The van der Waals surface area contributed by atoms with Gasteiger partial charge in [-0.15, -0.1) is 0 Å². The van der Waals surface area contributed by atoms with E-state index in [0.29, 0.717) is 0 Å². The molecule has 33 heavy (non-hydrogen) atoms. The van der Waals surface area contributed by atoms with Gasteiger partial charge in [0.05, 0.1) is 0 Å². The maximum atomic E-state index is 2.41. The molecule has 0 amide bonds. The molecular weight excluding hydrogens is 412 g/mol. The molecule has 0 nitrogen and oxygen atoms in total. The average molecular weight is 439 g/mol. The van der Waals surface area contributed by atoms with Gasteiger partial charge in [0.2, 0.25) is 0 Å². The quantitative estimate of drug-likeness (QED) is 0.175. The summed E-state index contributed by atoms with van der Waals surface area (Å²) in [6.45, 7) is 0. The Morgan fingerprint density at radius 2 is 0.727 bits per heavy atom. The van der Waals surface area contributed by atoms with Crippen molar-refractivity contribution in [3.63, 3.8) is 0 Å². The molecular formula is C32H26Si. The Morgan fingerprint density at radius 1 is 0.394 bits per heavy atom. The number of hydrogen-bond donors (Lipinski definition) is 0. The van der Waals surface area contributed by atoms with Crippen LogP contribution in [0.25, 0.3) is 11.3 Å². The van der Waals surface area contributed by atoms with E-state index in [9.17, 15) is 0 Å². The molecule has 0 aliphatic heterocycles. The van der Waals surface area contributed by atoms with Crippen molar-refractivity contribution in [3.8, 4) is 0 Å². The fourth-order valence-electron chi connectivity index (χ4n) is 4.77. The van der Waals surface area contributed by atoms with Gasteiger partial charge in [0, 0.05) is 0 Å². The smallest absolute Gasteiger partial charge is 0.0623 e. The van der Waals surface area contributed by atoms with Gasteiger partial charge in [-0.3, -0.25) is 0 Å². The van der Waals surface area contributed by atoms with Crippen molar-refractivity contribution >= 4 is 34.9 Å². The Labute approximate surface area is 197 Å². The van der Waals surface area contributed by atoms with Crippen LogP contribution in [-0.4, -0.2) is 8.07 Å². The van der Waals surface area contributed by atoms with Gasteiger partial charge < -0.3 is 0 Å². The van der Waals surface area contributed by atoms with Gasteiger partial charge in [0.1, 0.15) is 0 Å². The first-order valence-electron chi connectivity index (χ1n) is 11.4. The maximum Gasteiger partial charge on any atom is 0.180 e. The van der Waals surface area contributed by atoms with Crippen molar-refractivity contribution in [3.05, 3.63) is 163 Å². The predicted molar refractivity (Wildman–Crippen MR) is 145 cm³/mol. The van der Waals surface area contributed by atoms with Crippen LogP contribution in [0.4, 0.5) is 0 Å². The minimum Gasteiger partial charge on any atom is -0.0623 e. The zero-order valence-electron chi connectivity index (χ0n) is 18.5. The van der Waals surface area contributed by atoms with Crippen LogP contribution < -0.4 is 15.6 Å². The highest BCUT2D eigenvalue weighted by atomic mass is 28.3. The van der Waals surface area contributed by atoms with Crippen LogP contribution in [0.5, 0.6) is 0 Å². The largest absolute Gasteiger partial charge is 0.180 e. The van der Waals surface area contributed by atoms with Crippen molar-refractivity contribution in [2.75, 3.05) is 0 Å². The van der Waals surface area contributed by atoms with Crippen LogP contribution in [0.1, 0.15) is 11.1 Å². The normalized spacial score (nSPS) is 11.8. The average Bonchev–Trinajstić information content (AvgIpc) is 2.91. The first-order chi connectivity index (χ1) is 16.4. The molecule has 158 valence electrons. The summed E-state index contributed by atoms with van der Waals surface area (Å²) in [6.07, 6.45) is 2.41. The lowest BCUT2D eigenvalue weighted by atomic mass is 10.1. The minimum absolute atomic E-state index is 1.22. The summed E-state index contributed by atoms with van der Waals surface area (Å²) < 4.78 is 0. The van der Waals surface area contributed by atoms with E-state index in [4.69, 9.17) is 0 Å². The SMILES string of the molecule is C(=C(/c1ccccc1)[Si](c1ccccc1)(c1ccccc1)c1ccccc1)/c1ccccc1. The number of rotatable bonds is 6. The predicted octanol–water partition coefficient (Wildman–Crippen LogP) is 5.94. The Morgan fingerprint density at radius 3 is 1.12 bits per heavy atom. The molecule has 0 radical (unpaired) electrons. The third-order valence-electron chi connectivity index (χ3n) is 6.22. The second-order valence-corrected chi connectivity index (χ2v) is 12.0. The van der Waals surface area contributed by atoms with Gasteiger partial charge in [0.15, 0.2) is 8.07 Å². The topological polar surface area (TPSA) is 0 Å². The van der Waals surface area contributed by atoms with Crippen LogP contribution >= 0.6 is 0 Å². The summed E-state index contributed by atoms with van der Waals surface area (Å²) in [5.74, 6) is 0. The third-order valence-corrected chi connectivity index (χ3v) is 11.1. The zero-order chi connectivity index (χ0) is 22.3. The van der Waals surface area contributed by atoms with E-state index in [-0.39, 0.29) is 0 Å². The lowest BCUT2D eigenvalue weighted by Gasteiger charge is -2.36. The Bertz CT molecular complexity index is 1210. The molecule has 0 saturated heterocycles. The van der Waals surface area contributed by atoms with Crippen molar-refractivity contribution in [1.82, 2.24) is 0 Å². The van der Waals surface area contributed by atoms with E-state index in [2.05, 4.69) is 158 Å². The van der Waals surface area contributed by atoms with Crippen molar-refractivity contribution in [2.45, 2.75) is 0 Å². The van der Waals surface area contributed by atoms with Crippen LogP contribution in [0, 0.1) is 0 Å². The van der Waals surface area contributed by atoms with Gasteiger partial charge in [-0.1, -0.05) is 158 Å². The van der Waals surface area contributed by atoms with Crippen molar-refractivity contribution in [2.24, 2.45) is 0 Å². The second kappa shape index (κ2) is 9.68. The first kappa shape index (κ1) is 20.9. The van der Waals surface area contributed by atoms with E-state index in [0.717, 1.165) is 0 Å². The highest BCUT2D eigenvalue weighted by Crippen LogP contribution is 2.29. The molecule has 0 atom stereocenters. The van der Waals surface area contributed by atoms with Crippen LogP contribution in [0.2, 0.25) is 0 Å². The molecule has 5 aromatic rings. The minimum atomic E-state index is -2.62. The first-order valence-corrected chi connectivity index (χ1v) is 13.4. The van der Waals surface area contributed by atoms with Crippen molar-refractivity contribution in [1.29, 1.82) is 0 Å². The standard InChI is InChI=1S/C32H26Si/c1-6-16-27(17-7-1)26-32(28-18-8-2-9-19-28)33(29-20-10-3-11-21-29,30-22-12-4-13-23-30)31-24-14-5-15-25-31/h1-26H/b32-26+. The van der Waals surface area contributed by atoms with E-state index in [1.54, 1.807) is 0 Å². The van der Waals surface area contributed by atoms with E-state index < -0.39 is 8.07 Å². The maximum absolute atomic E-state index is 2.62. The molecule has 0 aliphatic rings. The summed E-state index contributed by atoms with van der Waals surface area (Å²) in [7, 11) is -2.62. The van der Waals surface area contributed by atoms with Gasteiger partial charge in [-0.05, 0) is 31.9 Å². The number of hydrogen-bond acceptors (Lipinski definition) is 0. The van der Waals surface area contributed by atoms with Gasteiger partial charge in [-0.2, -0.15) is 0 Å². The highest BCUT2D eigenvalue weighted by Gasteiger charge is 2.43. The molecule has 0 unspecified atom stereocenters. The molecule has 0 fully saturated rings. The summed E-state index contributed by atoms with van der Waals surface area (Å²) in [5.41, 5.74) is 2.49. The van der Waals surface area contributed by atoms with E-state index in [1.165, 1.54) is 31.9 Å². The summed E-state index contributed by atoms with van der Waals surface area (Å²) in [6, 6.07) is 54.9. The molecule has 0 saturated carbocycles. The Kier molecular flexibility index (Phi) is 6.14. The van der Waals surface area contributed by atoms with Crippen LogP contribution in [0.15, 0.2) is 152 Å². The second-order valence-electron chi connectivity index (χ2n) is 8.18. The molecule has 0 bridgehead atoms. The molecule has 5 aromatic carbocycles. The van der Waals surface area contributed by atoms with Crippen LogP contribution in [0.3, 0.4) is 0 Å². The number of benzene rings is 5.